The fourth-order valence-corrected chi connectivity index (χ4v) is 2.44. The van der Waals surface area contributed by atoms with Crippen LogP contribution in [0.1, 0.15) is 5.56 Å². The summed E-state index contributed by atoms with van der Waals surface area (Å²) >= 11 is 3.16. The van der Waals surface area contributed by atoms with Crippen LogP contribution in [0.3, 0.4) is 0 Å². The number of nitro benzene ring substituents is 1. The summed E-state index contributed by atoms with van der Waals surface area (Å²) in [6, 6.07) is 4.77. The lowest BCUT2D eigenvalue weighted by Gasteiger charge is -1.96. The van der Waals surface area contributed by atoms with E-state index in [9.17, 15) is 14.9 Å². The Morgan fingerprint density at radius 1 is 1.53 bits per heavy atom. The third kappa shape index (κ3) is 3.73. The summed E-state index contributed by atoms with van der Waals surface area (Å²) in [5.41, 5.74) is 0.603. The van der Waals surface area contributed by atoms with Crippen LogP contribution in [-0.4, -0.2) is 28.0 Å². The van der Waals surface area contributed by atoms with Gasteiger partial charge in [-0.15, -0.1) is 5.10 Å². The summed E-state index contributed by atoms with van der Waals surface area (Å²) in [7, 11) is 0. The first-order valence-electron chi connectivity index (χ1n) is 5.04. The maximum Gasteiger partial charge on any atom is 0.283 e. The van der Waals surface area contributed by atoms with Crippen LogP contribution >= 0.6 is 34.4 Å². The van der Waals surface area contributed by atoms with Gasteiger partial charge in [0.25, 0.3) is 5.69 Å². The van der Waals surface area contributed by atoms with Crippen LogP contribution in [0.4, 0.5) is 5.69 Å². The molecule has 0 bridgehead atoms. The first kappa shape index (κ1) is 13.9. The van der Waals surface area contributed by atoms with Gasteiger partial charge in [-0.05, 0) is 28.7 Å². The number of thioether (sulfide) groups is 1. The Morgan fingerprint density at radius 3 is 2.95 bits per heavy atom. The Bertz CT molecular complexity index is 602. The van der Waals surface area contributed by atoms with E-state index in [0.29, 0.717) is 20.1 Å². The molecule has 1 amide bonds. The number of nitrogens with zero attached hydrogens (tertiary/aromatic N) is 3. The van der Waals surface area contributed by atoms with E-state index in [0.717, 1.165) is 0 Å². The molecule has 19 heavy (non-hydrogen) atoms. The van der Waals surface area contributed by atoms with Crippen LogP contribution in [0.15, 0.2) is 28.4 Å². The van der Waals surface area contributed by atoms with Crippen LogP contribution in [0.2, 0.25) is 0 Å². The molecule has 1 N–H and O–H groups in total. The zero-order valence-electron chi connectivity index (χ0n) is 9.37. The van der Waals surface area contributed by atoms with Crippen molar-refractivity contribution >= 4 is 57.3 Å². The Balaban J connectivity index is 2.13. The van der Waals surface area contributed by atoms with E-state index in [1.807, 2.05) is 22.6 Å². The molecular weight excluding hydrogens is 383 g/mol. The number of amidine groups is 1. The number of carbonyl (C=O) groups excluding carboxylic acids is 1. The Kier molecular flexibility index (Phi) is 4.47. The van der Waals surface area contributed by atoms with Crippen LogP contribution < -0.4 is 5.32 Å². The predicted molar refractivity (Wildman–Crippen MR) is 81.4 cm³/mol. The van der Waals surface area contributed by atoms with E-state index < -0.39 is 4.92 Å². The van der Waals surface area contributed by atoms with Crippen LogP contribution in [0.25, 0.3) is 0 Å². The maximum absolute atomic E-state index is 10.9. The highest BCUT2D eigenvalue weighted by Crippen LogP contribution is 2.21. The van der Waals surface area contributed by atoms with Crippen molar-refractivity contribution in [1.82, 2.24) is 5.32 Å². The number of hydrogen-bond donors (Lipinski definition) is 1. The quantitative estimate of drug-likeness (QED) is 0.368. The molecule has 98 valence electrons. The van der Waals surface area contributed by atoms with Gasteiger partial charge in [-0.25, -0.2) is 0 Å². The number of halogens is 1. The summed E-state index contributed by atoms with van der Waals surface area (Å²) in [5.74, 6) is 0.229. The van der Waals surface area contributed by atoms with Gasteiger partial charge in [0.2, 0.25) is 5.91 Å². The summed E-state index contributed by atoms with van der Waals surface area (Å²) in [6.07, 6.45) is 1.40. The highest BCUT2D eigenvalue weighted by atomic mass is 127. The molecule has 1 saturated heterocycles. The average molecular weight is 390 g/mol. The molecule has 0 radical (unpaired) electrons. The lowest BCUT2D eigenvalue weighted by molar-refractivity contribution is -0.385. The number of amides is 1. The second kappa shape index (κ2) is 6.10. The number of nitrogens with one attached hydrogen (secondary N) is 1. The van der Waals surface area contributed by atoms with E-state index in [2.05, 4.69) is 15.5 Å². The Morgan fingerprint density at radius 2 is 2.32 bits per heavy atom. The van der Waals surface area contributed by atoms with Gasteiger partial charge in [0, 0.05) is 11.6 Å². The number of nitro groups is 1. The Hall–Kier alpha value is -1.49. The molecule has 0 aliphatic carbocycles. The third-order valence-corrected chi connectivity index (χ3v) is 3.88. The van der Waals surface area contributed by atoms with Crippen molar-refractivity contribution in [3.63, 3.8) is 0 Å². The van der Waals surface area contributed by atoms with E-state index in [-0.39, 0.29) is 11.6 Å². The molecular formula is C10H7IN4O3S. The number of rotatable bonds is 3. The molecule has 0 atom stereocenters. The summed E-state index contributed by atoms with van der Waals surface area (Å²) < 4.78 is 0.560. The minimum Gasteiger partial charge on any atom is -0.303 e. The zero-order chi connectivity index (χ0) is 13.8. The molecule has 1 heterocycles. The van der Waals surface area contributed by atoms with E-state index in [1.165, 1.54) is 24.0 Å². The summed E-state index contributed by atoms with van der Waals surface area (Å²) in [5, 5.41) is 21.3. The van der Waals surface area contributed by atoms with Crippen molar-refractivity contribution < 1.29 is 9.72 Å². The lowest BCUT2D eigenvalue weighted by atomic mass is 10.2. The highest BCUT2D eigenvalue weighted by Gasteiger charge is 2.16. The first-order valence-corrected chi connectivity index (χ1v) is 7.10. The van der Waals surface area contributed by atoms with Gasteiger partial charge in [0.05, 0.1) is 20.5 Å². The van der Waals surface area contributed by atoms with Crippen molar-refractivity contribution in [2.75, 3.05) is 5.75 Å². The number of carbonyl (C=O) groups is 1. The van der Waals surface area contributed by atoms with Crippen LogP contribution in [0, 0.1) is 13.7 Å². The predicted octanol–water partition coefficient (Wildman–Crippen LogP) is 1.75. The fourth-order valence-electron chi connectivity index (χ4n) is 1.28. The topological polar surface area (TPSA) is 97.0 Å². The van der Waals surface area contributed by atoms with E-state index >= 15 is 0 Å². The van der Waals surface area contributed by atoms with Crippen LogP contribution in [0.5, 0.6) is 0 Å². The summed E-state index contributed by atoms with van der Waals surface area (Å²) in [4.78, 5) is 21.2. The minimum atomic E-state index is -0.446. The zero-order valence-corrected chi connectivity index (χ0v) is 12.3. The molecule has 1 aliphatic rings. The minimum absolute atomic E-state index is 0.0285. The molecule has 2 rings (SSSR count). The molecule has 0 unspecified atom stereocenters. The van der Waals surface area contributed by atoms with Crippen molar-refractivity contribution in [3.8, 4) is 0 Å². The van der Waals surface area contributed by atoms with Gasteiger partial charge < -0.3 is 5.32 Å². The SMILES string of the molecule is O=C1CSC(=NN=Cc2ccc(I)c([N+](=O)[O-])c2)N1. The normalized spacial score (nSPS) is 17.1. The maximum atomic E-state index is 10.9. The third-order valence-electron chi connectivity index (χ3n) is 2.11. The van der Waals surface area contributed by atoms with Crippen molar-refractivity contribution in [2.24, 2.45) is 10.2 Å². The molecule has 9 heteroatoms. The van der Waals surface area contributed by atoms with Gasteiger partial charge in [0.15, 0.2) is 5.17 Å². The van der Waals surface area contributed by atoms with Gasteiger partial charge in [-0.1, -0.05) is 17.8 Å². The smallest absolute Gasteiger partial charge is 0.283 e. The standard InChI is InChI=1S/C10H7IN4O3S/c11-7-2-1-6(3-8(7)15(17)18)4-12-14-10-13-9(16)5-19-10/h1-4H,5H2,(H,13,14,16). The number of benzene rings is 1. The second-order valence-electron chi connectivity index (χ2n) is 3.45. The molecule has 0 saturated carbocycles. The first-order chi connectivity index (χ1) is 9.06. The van der Waals surface area contributed by atoms with Gasteiger partial charge in [0.1, 0.15) is 0 Å². The summed E-state index contributed by atoms with van der Waals surface area (Å²) in [6.45, 7) is 0. The van der Waals surface area contributed by atoms with Crippen molar-refractivity contribution in [2.45, 2.75) is 0 Å². The van der Waals surface area contributed by atoms with E-state index in [4.69, 9.17) is 0 Å². The molecule has 1 aliphatic heterocycles. The largest absolute Gasteiger partial charge is 0.303 e. The monoisotopic (exact) mass is 390 g/mol. The van der Waals surface area contributed by atoms with Crippen molar-refractivity contribution in [3.05, 3.63) is 37.4 Å². The van der Waals surface area contributed by atoms with Gasteiger partial charge in [-0.2, -0.15) is 5.10 Å². The highest BCUT2D eigenvalue weighted by molar-refractivity contribution is 14.1. The molecule has 7 nitrogen and oxygen atoms in total. The van der Waals surface area contributed by atoms with Crippen LogP contribution in [-0.2, 0) is 4.79 Å². The van der Waals surface area contributed by atoms with E-state index in [1.54, 1.807) is 12.1 Å². The van der Waals surface area contributed by atoms with Crippen molar-refractivity contribution in [1.29, 1.82) is 0 Å². The second-order valence-corrected chi connectivity index (χ2v) is 5.58. The Labute approximate surface area is 125 Å². The molecule has 1 aromatic carbocycles. The molecule has 1 aromatic rings. The fraction of sp³-hybridized carbons (Fsp3) is 0.100. The van der Waals surface area contributed by atoms with Gasteiger partial charge >= 0.3 is 0 Å². The van der Waals surface area contributed by atoms with Gasteiger partial charge in [-0.3, -0.25) is 14.9 Å². The lowest BCUT2D eigenvalue weighted by Crippen LogP contribution is -2.19. The molecule has 1 fully saturated rings. The number of hydrogen-bond acceptors (Lipinski definition) is 6. The molecule has 0 aromatic heterocycles. The molecule has 0 spiro atoms. The average Bonchev–Trinajstić information content (AvgIpc) is 2.77.